The van der Waals surface area contributed by atoms with Gasteiger partial charge in [0.25, 0.3) is 5.91 Å². The SMILES string of the molecule is CS(=O)(=O)C1(C(=O)N2CCN(C(=O)c3cccc(O)c3)CC2)CCNCC1. The van der Waals surface area contributed by atoms with Gasteiger partial charge in [0.1, 0.15) is 5.75 Å². The third kappa shape index (κ3) is 3.79. The van der Waals surface area contributed by atoms with Gasteiger partial charge in [-0.25, -0.2) is 8.42 Å². The summed E-state index contributed by atoms with van der Waals surface area (Å²) in [5.41, 5.74) is 0.390. The van der Waals surface area contributed by atoms with E-state index in [0.29, 0.717) is 44.8 Å². The number of aromatic hydroxyl groups is 1. The van der Waals surface area contributed by atoms with Crippen LogP contribution in [0.5, 0.6) is 5.75 Å². The Bertz CT molecular complexity index is 825. The van der Waals surface area contributed by atoms with Crippen LogP contribution in [0.1, 0.15) is 23.2 Å². The van der Waals surface area contributed by atoms with Gasteiger partial charge in [-0.1, -0.05) is 6.07 Å². The number of hydrogen-bond acceptors (Lipinski definition) is 6. The molecule has 1 aromatic carbocycles. The molecule has 0 radical (unpaired) electrons. The Morgan fingerprint density at radius 3 is 2.22 bits per heavy atom. The summed E-state index contributed by atoms with van der Waals surface area (Å²) in [5.74, 6) is -0.538. The maximum atomic E-state index is 13.1. The summed E-state index contributed by atoms with van der Waals surface area (Å²) in [5, 5.41) is 12.6. The fourth-order valence-electron chi connectivity index (χ4n) is 3.80. The van der Waals surface area contributed by atoms with E-state index in [1.165, 1.54) is 12.1 Å². The Morgan fingerprint density at radius 1 is 1.07 bits per heavy atom. The third-order valence-electron chi connectivity index (χ3n) is 5.46. The van der Waals surface area contributed by atoms with Crippen molar-refractivity contribution in [2.75, 3.05) is 45.5 Å². The standard InChI is InChI=1S/C18H25N3O5S/c1-27(25,26)18(5-7-19-8-6-18)17(24)21-11-9-20(10-12-21)16(23)14-3-2-4-15(22)13-14/h2-4,13,19,22H,5-12H2,1H3. The molecule has 0 aromatic heterocycles. The minimum Gasteiger partial charge on any atom is -0.508 e. The van der Waals surface area contributed by atoms with Crippen molar-refractivity contribution in [3.05, 3.63) is 29.8 Å². The molecular weight excluding hydrogens is 370 g/mol. The van der Waals surface area contributed by atoms with Crippen LogP contribution in [0.4, 0.5) is 0 Å². The number of piperazine rings is 1. The maximum Gasteiger partial charge on any atom is 0.254 e. The molecule has 3 rings (SSSR count). The molecule has 2 aliphatic heterocycles. The van der Waals surface area contributed by atoms with E-state index in [-0.39, 0.29) is 30.4 Å². The van der Waals surface area contributed by atoms with Gasteiger partial charge in [0.15, 0.2) is 14.6 Å². The lowest BCUT2D eigenvalue weighted by atomic mass is 9.94. The van der Waals surface area contributed by atoms with Crippen molar-refractivity contribution in [1.29, 1.82) is 0 Å². The number of amides is 2. The number of benzene rings is 1. The second-order valence-electron chi connectivity index (χ2n) is 7.15. The number of phenols is 1. The zero-order valence-corrected chi connectivity index (χ0v) is 16.2. The molecule has 2 saturated heterocycles. The van der Waals surface area contributed by atoms with Crippen LogP contribution in [-0.4, -0.2) is 85.4 Å². The van der Waals surface area contributed by atoms with Crippen molar-refractivity contribution in [2.45, 2.75) is 17.6 Å². The molecule has 0 saturated carbocycles. The summed E-state index contributed by atoms with van der Waals surface area (Å²) >= 11 is 0. The molecule has 9 heteroatoms. The first-order valence-electron chi connectivity index (χ1n) is 9.03. The fraction of sp³-hybridized carbons (Fsp3) is 0.556. The van der Waals surface area contributed by atoms with Gasteiger partial charge in [-0.05, 0) is 44.1 Å². The number of nitrogens with one attached hydrogen (secondary N) is 1. The van der Waals surface area contributed by atoms with Crippen LogP contribution in [0.2, 0.25) is 0 Å². The minimum absolute atomic E-state index is 0.0238. The first-order valence-corrected chi connectivity index (χ1v) is 10.9. The maximum absolute atomic E-state index is 13.1. The first-order chi connectivity index (χ1) is 12.7. The summed E-state index contributed by atoms with van der Waals surface area (Å²) in [6.07, 6.45) is 1.68. The summed E-state index contributed by atoms with van der Waals surface area (Å²) in [6.45, 7) is 2.25. The van der Waals surface area contributed by atoms with E-state index >= 15 is 0 Å². The molecule has 0 atom stereocenters. The number of piperidine rings is 1. The van der Waals surface area contributed by atoms with E-state index in [0.717, 1.165) is 6.26 Å². The zero-order chi connectivity index (χ0) is 19.7. The lowest BCUT2D eigenvalue weighted by Crippen LogP contribution is -2.61. The van der Waals surface area contributed by atoms with E-state index in [4.69, 9.17) is 0 Å². The highest BCUT2D eigenvalue weighted by Gasteiger charge is 2.50. The first kappa shape index (κ1) is 19.6. The molecule has 0 unspecified atom stereocenters. The van der Waals surface area contributed by atoms with E-state index < -0.39 is 14.6 Å². The molecule has 2 heterocycles. The predicted octanol–water partition coefficient (Wildman–Crippen LogP) is -0.157. The van der Waals surface area contributed by atoms with Crippen LogP contribution < -0.4 is 5.32 Å². The molecule has 2 aliphatic rings. The van der Waals surface area contributed by atoms with Crippen LogP contribution in [-0.2, 0) is 14.6 Å². The lowest BCUT2D eigenvalue weighted by molar-refractivity contribution is -0.136. The molecule has 148 valence electrons. The minimum atomic E-state index is -3.55. The van der Waals surface area contributed by atoms with Gasteiger partial charge in [-0.3, -0.25) is 9.59 Å². The van der Waals surface area contributed by atoms with Gasteiger partial charge in [-0.2, -0.15) is 0 Å². The second kappa shape index (κ2) is 7.47. The number of phenolic OH excluding ortho intramolecular Hbond substituents is 1. The van der Waals surface area contributed by atoms with Crippen LogP contribution >= 0.6 is 0 Å². The van der Waals surface area contributed by atoms with Crippen molar-refractivity contribution in [3.63, 3.8) is 0 Å². The largest absolute Gasteiger partial charge is 0.508 e. The summed E-state index contributed by atoms with van der Waals surface area (Å²) in [4.78, 5) is 28.8. The Kier molecular flexibility index (Phi) is 5.43. The Balaban J connectivity index is 1.69. The third-order valence-corrected chi connectivity index (χ3v) is 7.46. The Hall–Kier alpha value is -2.13. The van der Waals surface area contributed by atoms with Crippen LogP contribution in [0.15, 0.2) is 24.3 Å². The Morgan fingerprint density at radius 2 is 1.67 bits per heavy atom. The van der Waals surface area contributed by atoms with Crippen molar-refractivity contribution in [3.8, 4) is 5.75 Å². The van der Waals surface area contributed by atoms with Crippen molar-refractivity contribution in [1.82, 2.24) is 15.1 Å². The summed E-state index contributed by atoms with van der Waals surface area (Å²) in [6, 6.07) is 6.15. The monoisotopic (exact) mass is 395 g/mol. The molecule has 0 aliphatic carbocycles. The average Bonchev–Trinajstić information content (AvgIpc) is 2.66. The van der Waals surface area contributed by atoms with Gasteiger partial charge in [0.2, 0.25) is 5.91 Å². The topological polar surface area (TPSA) is 107 Å². The van der Waals surface area contributed by atoms with Gasteiger partial charge >= 0.3 is 0 Å². The molecule has 27 heavy (non-hydrogen) atoms. The average molecular weight is 395 g/mol. The highest BCUT2D eigenvalue weighted by atomic mass is 32.2. The van der Waals surface area contributed by atoms with E-state index in [1.807, 2.05) is 0 Å². The lowest BCUT2D eigenvalue weighted by Gasteiger charge is -2.42. The van der Waals surface area contributed by atoms with Crippen LogP contribution in [0, 0.1) is 0 Å². The highest BCUT2D eigenvalue weighted by Crippen LogP contribution is 2.30. The summed E-state index contributed by atoms with van der Waals surface area (Å²) in [7, 11) is -3.55. The number of carbonyl (C=O) groups is 2. The van der Waals surface area contributed by atoms with Crippen LogP contribution in [0.25, 0.3) is 0 Å². The van der Waals surface area contributed by atoms with Gasteiger partial charge in [0, 0.05) is 38.0 Å². The fourth-order valence-corrected chi connectivity index (χ4v) is 5.19. The normalized spacial score (nSPS) is 20.3. The van der Waals surface area contributed by atoms with Gasteiger partial charge in [0.05, 0.1) is 0 Å². The molecule has 2 amide bonds. The number of sulfone groups is 1. The molecule has 2 N–H and O–H groups in total. The molecule has 1 aromatic rings. The number of rotatable bonds is 3. The highest BCUT2D eigenvalue weighted by molar-refractivity contribution is 7.92. The number of carbonyl (C=O) groups excluding carboxylic acids is 2. The van der Waals surface area contributed by atoms with E-state index in [9.17, 15) is 23.1 Å². The van der Waals surface area contributed by atoms with Crippen molar-refractivity contribution < 1.29 is 23.1 Å². The quantitative estimate of drug-likeness (QED) is 0.737. The van der Waals surface area contributed by atoms with Gasteiger partial charge in [-0.15, -0.1) is 0 Å². The van der Waals surface area contributed by atoms with E-state index in [1.54, 1.807) is 21.9 Å². The molecular formula is C18H25N3O5S. The summed E-state index contributed by atoms with van der Waals surface area (Å²) < 4.78 is 23.5. The second-order valence-corrected chi connectivity index (χ2v) is 9.48. The van der Waals surface area contributed by atoms with Crippen LogP contribution in [0.3, 0.4) is 0 Å². The Labute approximate surface area is 159 Å². The number of nitrogens with zero attached hydrogens (tertiary/aromatic N) is 2. The molecule has 2 fully saturated rings. The zero-order valence-electron chi connectivity index (χ0n) is 15.3. The number of hydrogen-bond donors (Lipinski definition) is 2. The smallest absolute Gasteiger partial charge is 0.254 e. The van der Waals surface area contributed by atoms with Gasteiger partial charge < -0.3 is 20.2 Å². The predicted molar refractivity (Wildman–Crippen MR) is 100 cm³/mol. The molecule has 8 nitrogen and oxygen atoms in total. The van der Waals surface area contributed by atoms with Crippen molar-refractivity contribution in [2.24, 2.45) is 0 Å². The van der Waals surface area contributed by atoms with E-state index in [2.05, 4.69) is 5.32 Å². The molecule has 0 bridgehead atoms. The molecule has 0 spiro atoms. The van der Waals surface area contributed by atoms with Crippen molar-refractivity contribution >= 4 is 21.7 Å².